The molecule has 0 N–H and O–H groups in total. The van der Waals surface area contributed by atoms with Gasteiger partial charge in [0.2, 0.25) is 0 Å². The van der Waals surface area contributed by atoms with Gasteiger partial charge in [0, 0.05) is 0 Å². The molecule has 0 rings (SSSR count). The Labute approximate surface area is 130 Å². The normalized spacial score (nSPS) is 13.0. The van der Waals surface area contributed by atoms with E-state index in [-0.39, 0.29) is 11.2 Å². The standard InChI is InChI=1S/C16H32O4Si/c1-9-11-21(12-10-2,13(17)19-15(3,4)5)14(18)20-16(6,7)8/h9-12H2,1-8H3. The molecule has 0 fully saturated rings. The molecule has 0 heterocycles. The smallest absolute Gasteiger partial charge is 0.311 e. The second-order valence-electron chi connectivity index (χ2n) is 7.59. The third kappa shape index (κ3) is 6.63. The number of ether oxygens (including phenoxy) is 2. The Kier molecular flexibility index (Phi) is 7.13. The van der Waals surface area contributed by atoms with Crippen molar-refractivity contribution in [2.45, 2.75) is 91.5 Å². The summed E-state index contributed by atoms with van der Waals surface area (Å²) in [7, 11) is -2.94. The predicted octanol–water partition coefficient (Wildman–Crippen LogP) is 5.29. The van der Waals surface area contributed by atoms with E-state index in [0.29, 0.717) is 12.1 Å². The lowest BCUT2D eigenvalue weighted by atomic mass is 10.2. The topological polar surface area (TPSA) is 52.6 Å². The first-order valence-corrected chi connectivity index (χ1v) is 10.3. The quantitative estimate of drug-likeness (QED) is 0.625. The molecular formula is C16H32O4Si. The van der Waals surface area contributed by atoms with Crippen LogP contribution in [0.1, 0.15) is 68.2 Å². The lowest BCUT2D eigenvalue weighted by molar-refractivity contribution is 0.0625. The average Bonchev–Trinajstić information content (AvgIpc) is 2.23. The van der Waals surface area contributed by atoms with Crippen molar-refractivity contribution in [1.29, 1.82) is 0 Å². The van der Waals surface area contributed by atoms with Crippen molar-refractivity contribution in [3.63, 3.8) is 0 Å². The van der Waals surface area contributed by atoms with Crippen LogP contribution in [0.3, 0.4) is 0 Å². The molecule has 0 saturated carbocycles. The van der Waals surface area contributed by atoms with Crippen LogP contribution in [0, 0.1) is 0 Å². The fourth-order valence-corrected chi connectivity index (χ4v) is 6.17. The Bertz CT molecular complexity index is 327. The van der Waals surface area contributed by atoms with Crippen LogP contribution in [0.5, 0.6) is 0 Å². The van der Waals surface area contributed by atoms with E-state index >= 15 is 0 Å². The Morgan fingerprint density at radius 2 is 1.05 bits per heavy atom. The monoisotopic (exact) mass is 316 g/mol. The predicted molar refractivity (Wildman–Crippen MR) is 88.4 cm³/mol. The van der Waals surface area contributed by atoms with Crippen molar-refractivity contribution in [2.24, 2.45) is 0 Å². The summed E-state index contributed by atoms with van der Waals surface area (Å²) in [5, 5.41) is 0. The molecule has 0 aromatic carbocycles. The highest BCUT2D eigenvalue weighted by Gasteiger charge is 2.53. The maximum absolute atomic E-state index is 12.7. The summed E-state index contributed by atoms with van der Waals surface area (Å²) in [6, 6.07) is 1.18. The van der Waals surface area contributed by atoms with Gasteiger partial charge in [-0.2, -0.15) is 0 Å². The van der Waals surface area contributed by atoms with Gasteiger partial charge in [-0.05, 0) is 53.6 Å². The van der Waals surface area contributed by atoms with Crippen LogP contribution in [-0.2, 0) is 9.47 Å². The molecule has 0 amide bonds. The summed E-state index contributed by atoms with van der Waals surface area (Å²) in [4.78, 5) is 25.5. The Morgan fingerprint density at radius 3 is 1.24 bits per heavy atom. The van der Waals surface area contributed by atoms with Crippen LogP contribution >= 0.6 is 0 Å². The first-order chi connectivity index (χ1) is 9.38. The minimum absolute atomic E-state index is 0.326. The summed E-state index contributed by atoms with van der Waals surface area (Å²) in [5.74, 6) is 0. The largest absolute Gasteiger partial charge is 0.464 e. The molecule has 124 valence electrons. The van der Waals surface area contributed by atoms with E-state index in [1.54, 1.807) is 0 Å². The molecule has 21 heavy (non-hydrogen) atoms. The summed E-state index contributed by atoms with van der Waals surface area (Å²) in [6.45, 7) is 15.0. The zero-order chi connectivity index (χ0) is 16.9. The Balaban J connectivity index is 5.52. The van der Waals surface area contributed by atoms with Crippen molar-refractivity contribution in [2.75, 3.05) is 0 Å². The molecular weight excluding hydrogens is 284 g/mol. The zero-order valence-electron chi connectivity index (χ0n) is 15.0. The van der Waals surface area contributed by atoms with Crippen molar-refractivity contribution < 1.29 is 19.1 Å². The van der Waals surface area contributed by atoms with Gasteiger partial charge in [0.05, 0.1) is 0 Å². The van der Waals surface area contributed by atoms with Gasteiger partial charge in [-0.15, -0.1) is 0 Å². The van der Waals surface area contributed by atoms with E-state index in [0.717, 1.165) is 12.8 Å². The van der Waals surface area contributed by atoms with Crippen LogP contribution in [-0.4, -0.2) is 30.5 Å². The van der Waals surface area contributed by atoms with E-state index < -0.39 is 19.3 Å². The van der Waals surface area contributed by atoms with E-state index in [9.17, 15) is 9.59 Å². The van der Waals surface area contributed by atoms with Crippen molar-refractivity contribution in [1.82, 2.24) is 0 Å². The minimum atomic E-state index is -2.94. The zero-order valence-corrected chi connectivity index (χ0v) is 16.0. The molecule has 0 spiro atoms. The van der Waals surface area contributed by atoms with Crippen LogP contribution in [0.25, 0.3) is 0 Å². The maximum atomic E-state index is 12.7. The van der Waals surface area contributed by atoms with Crippen molar-refractivity contribution >= 4 is 19.3 Å². The number of hydrogen-bond donors (Lipinski definition) is 0. The van der Waals surface area contributed by atoms with Crippen molar-refractivity contribution in [3.05, 3.63) is 0 Å². The molecule has 0 aromatic heterocycles. The van der Waals surface area contributed by atoms with E-state index in [1.807, 2.05) is 55.4 Å². The fourth-order valence-electron chi connectivity index (χ4n) is 2.22. The van der Waals surface area contributed by atoms with Gasteiger partial charge in [-0.3, -0.25) is 9.59 Å². The third-order valence-corrected chi connectivity index (χ3v) is 7.41. The second kappa shape index (κ2) is 7.43. The van der Waals surface area contributed by atoms with Gasteiger partial charge in [-0.1, -0.05) is 26.7 Å². The highest BCUT2D eigenvalue weighted by Crippen LogP contribution is 2.29. The summed E-state index contributed by atoms with van der Waals surface area (Å²) in [6.07, 6.45) is 1.56. The number of carbonyl (C=O) groups is 2. The second-order valence-corrected chi connectivity index (χ2v) is 11.6. The highest BCUT2D eigenvalue weighted by molar-refractivity contribution is 7.23. The highest BCUT2D eigenvalue weighted by atomic mass is 28.3. The summed E-state index contributed by atoms with van der Waals surface area (Å²) >= 11 is 0. The van der Waals surface area contributed by atoms with Gasteiger partial charge >= 0.3 is 8.07 Å². The molecule has 0 aromatic rings. The maximum Gasteiger partial charge on any atom is 0.311 e. The van der Waals surface area contributed by atoms with Gasteiger partial charge in [-0.25, -0.2) is 0 Å². The molecule has 0 radical (unpaired) electrons. The lowest BCUT2D eigenvalue weighted by Crippen LogP contribution is -2.55. The molecule has 0 aliphatic carbocycles. The van der Waals surface area contributed by atoms with Gasteiger partial charge in [0.1, 0.15) is 11.2 Å². The molecule has 0 unspecified atom stereocenters. The molecule has 0 bridgehead atoms. The number of carbonyl (C=O) groups excluding carboxylic acids is 2. The van der Waals surface area contributed by atoms with Crippen LogP contribution in [0.4, 0.5) is 9.59 Å². The van der Waals surface area contributed by atoms with Gasteiger partial charge in [0.15, 0.2) is 0 Å². The van der Waals surface area contributed by atoms with Gasteiger partial charge in [0.25, 0.3) is 11.2 Å². The SMILES string of the molecule is CCC[Si](CCC)(C(=O)OC(C)(C)C)C(=O)OC(C)(C)C. The average molecular weight is 317 g/mol. The Morgan fingerprint density at radius 1 is 0.762 bits per heavy atom. The van der Waals surface area contributed by atoms with E-state index in [1.165, 1.54) is 0 Å². The first kappa shape index (κ1) is 20.2. The third-order valence-electron chi connectivity index (χ3n) is 2.93. The molecule has 0 saturated heterocycles. The Hall–Kier alpha value is -0.843. The van der Waals surface area contributed by atoms with Crippen LogP contribution in [0.15, 0.2) is 0 Å². The van der Waals surface area contributed by atoms with Crippen LogP contribution in [0.2, 0.25) is 12.1 Å². The fraction of sp³-hybridized carbons (Fsp3) is 0.875. The molecule has 0 aliphatic heterocycles. The molecule has 0 atom stereocenters. The number of rotatable bonds is 6. The molecule has 5 heteroatoms. The lowest BCUT2D eigenvalue weighted by Gasteiger charge is -2.32. The van der Waals surface area contributed by atoms with Crippen molar-refractivity contribution in [3.8, 4) is 0 Å². The first-order valence-electron chi connectivity index (χ1n) is 7.85. The summed E-state index contributed by atoms with van der Waals surface area (Å²) < 4.78 is 11.1. The number of hydrogen-bond acceptors (Lipinski definition) is 4. The van der Waals surface area contributed by atoms with Crippen LogP contribution < -0.4 is 0 Å². The van der Waals surface area contributed by atoms with Gasteiger partial charge < -0.3 is 9.47 Å². The van der Waals surface area contributed by atoms with E-state index in [4.69, 9.17) is 9.47 Å². The summed E-state index contributed by atoms with van der Waals surface area (Å²) in [5.41, 5.74) is -1.82. The minimum Gasteiger partial charge on any atom is -0.464 e. The molecule has 4 nitrogen and oxygen atoms in total. The van der Waals surface area contributed by atoms with E-state index in [2.05, 4.69) is 0 Å². The molecule has 0 aliphatic rings.